The van der Waals surface area contributed by atoms with Crippen LogP contribution in [0.15, 0.2) is 42.7 Å². The minimum Gasteiger partial charge on any atom is -0.336 e. The van der Waals surface area contributed by atoms with Crippen molar-refractivity contribution in [3.05, 3.63) is 48.3 Å². The lowest BCUT2D eigenvalue weighted by molar-refractivity contribution is 0.0666. The fourth-order valence-electron chi connectivity index (χ4n) is 3.87. The van der Waals surface area contributed by atoms with Crippen molar-refractivity contribution in [2.75, 3.05) is 33.2 Å². The van der Waals surface area contributed by atoms with E-state index in [0.29, 0.717) is 0 Å². The molecule has 0 spiro atoms. The summed E-state index contributed by atoms with van der Waals surface area (Å²) in [6.45, 7) is 4.41. The summed E-state index contributed by atoms with van der Waals surface area (Å²) in [6.07, 6.45) is 6.70. The number of hydrogen-bond acceptors (Lipinski definition) is 3. The molecule has 0 unspecified atom stereocenters. The fourth-order valence-corrected chi connectivity index (χ4v) is 3.87. The van der Waals surface area contributed by atoms with Crippen molar-refractivity contribution in [2.45, 2.75) is 19.4 Å². The van der Waals surface area contributed by atoms with Crippen molar-refractivity contribution in [2.24, 2.45) is 5.92 Å². The van der Waals surface area contributed by atoms with Gasteiger partial charge in [0.1, 0.15) is 5.69 Å². The summed E-state index contributed by atoms with van der Waals surface area (Å²) in [7, 11) is 2.10. The molecule has 4 heterocycles. The van der Waals surface area contributed by atoms with Gasteiger partial charge in [0.15, 0.2) is 0 Å². The molecule has 5 rings (SSSR count). The summed E-state index contributed by atoms with van der Waals surface area (Å²) in [5.41, 5.74) is 3.63. The van der Waals surface area contributed by atoms with Crippen LogP contribution in [0.25, 0.3) is 16.9 Å². The van der Waals surface area contributed by atoms with Crippen LogP contribution in [0.3, 0.4) is 0 Å². The Labute approximate surface area is 159 Å². The molecule has 6 heteroatoms. The molecular weight excluding hydrogens is 338 g/mol. The molecule has 6 nitrogen and oxygen atoms in total. The molecule has 3 aromatic heterocycles. The predicted octanol–water partition coefficient (Wildman–Crippen LogP) is 2.60. The van der Waals surface area contributed by atoms with E-state index >= 15 is 0 Å². The van der Waals surface area contributed by atoms with E-state index in [1.165, 1.54) is 12.8 Å². The Morgan fingerprint density at radius 2 is 1.93 bits per heavy atom. The number of pyridine rings is 1. The SMILES string of the molecule is CN1CCN(C(=O)c2cc(-c3ccn(CC4CC4)n3)n3ccccc23)CC1. The van der Waals surface area contributed by atoms with Crippen LogP contribution < -0.4 is 0 Å². The Morgan fingerprint density at radius 1 is 1.11 bits per heavy atom. The minimum absolute atomic E-state index is 0.121. The molecule has 1 aliphatic heterocycles. The molecule has 2 aliphatic rings. The Kier molecular flexibility index (Phi) is 4.01. The van der Waals surface area contributed by atoms with Gasteiger partial charge in [-0.2, -0.15) is 5.10 Å². The minimum atomic E-state index is 0.121. The number of hydrogen-bond donors (Lipinski definition) is 0. The van der Waals surface area contributed by atoms with E-state index in [1.54, 1.807) is 0 Å². The third-order valence-corrected chi connectivity index (χ3v) is 5.74. The van der Waals surface area contributed by atoms with E-state index in [2.05, 4.69) is 28.6 Å². The zero-order valence-electron chi connectivity index (χ0n) is 15.7. The lowest BCUT2D eigenvalue weighted by Gasteiger charge is -2.32. The van der Waals surface area contributed by atoms with Gasteiger partial charge in [0.25, 0.3) is 5.91 Å². The van der Waals surface area contributed by atoms with Gasteiger partial charge in [-0.3, -0.25) is 9.48 Å². The number of carbonyl (C=O) groups is 1. The summed E-state index contributed by atoms with van der Waals surface area (Å²) in [4.78, 5) is 17.4. The molecule has 1 saturated carbocycles. The van der Waals surface area contributed by atoms with E-state index in [-0.39, 0.29) is 5.91 Å². The topological polar surface area (TPSA) is 45.8 Å². The Balaban J connectivity index is 1.50. The smallest absolute Gasteiger partial charge is 0.256 e. The molecule has 1 saturated heterocycles. The molecule has 0 atom stereocenters. The Bertz CT molecular complexity index is 976. The zero-order chi connectivity index (χ0) is 18.4. The highest BCUT2D eigenvalue weighted by Gasteiger charge is 2.25. The highest BCUT2D eigenvalue weighted by atomic mass is 16.2. The van der Waals surface area contributed by atoms with Gasteiger partial charge in [0.2, 0.25) is 0 Å². The Hall–Kier alpha value is -2.60. The van der Waals surface area contributed by atoms with Crippen molar-refractivity contribution < 1.29 is 4.79 Å². The monoisotopic (exact) mass is 363 g/mol. The van der Waals surface area contributed by atoms with Gasteiger partial charge in [-0.1, -0.05) is 6.07 Å². The number of likely N-dealkylation sites (N-methyl/N-ethyl adjacent to an activating group) is 1. The van der Waals surface area contributed by atoms with Gasteiger partial charge in [-0.15, -0.1) is 0 Å². The summed E-state index contributed by atoms with van der Waals surface area (Å²) in [6, 6.07) is 10.1. The quantitative estimate of drug-likeness (QED) is 0.716. The molecule has 2 fully saturated rings. The van der Waals surface area contributed by atoms with Crippen LogP contribution in [0.4, 0.5) is 0 Å². The van der Waals surface area contributed by atoms with Crippen LogP contribution in [0, 0.1) is 5.92 Å². The Morgan fingerprint density at radius 3 is 2.70 bits per heavy atom. The van der Waals surface area contributed by atoms with E-state index < -0.39 is 0 Å². The predicted molar refractivity (Wildman–Crippen MR) is 105 cm³/mol. The number of amides is 1. The average molecular weight is 363 g/mol. The first-order valence-corrected chi connectivity index (χ1v) is 9.81. The van der Waals surface area contributed by atoms with Gasteiger partial charge in [-0.25, -0.2) is 0 Å². The lowest BCUT2D eigenvalue weighted by atomic mass is 10.2. The van der Waals surface area contributed by atoms with Crippen molar-refractivity contribution >= 4 is 11.4 Å². The number of nitrogens with zero attached hydrogens (tertiary/aromatic N) is 5. The largest absolute Gasteiger partial charge is 0.336 e. The zero-order valence-corrected chi connectivity index (χ0v) is 15.7. The van der Waals surface area contributed by atoms with Gasteiger partial charge in [0, 0.05) is 45.1 Å². The van der Waals surface area contributed by atoms with E-state index in [9.17, 15) is 4.79 Å². The van der Waals surface area contributed by atoms with E-state index in [0.717, 1.165) is 61.1 Å². The molecule has 0 aromatic carbocycles. The first kappa shape index (κ1) is 16.6. The average Bonchev–Trinajstić information content (AvgIpc) is 3.24. The molecule has 0 radical (unpaired) electrons. The van der Waals surface area contributed by atoms with Crippen molar-refractivity contribution in [1.82, 2.24) is 24.0 Å². The maximum Gasteiger partial charge on any atom is 0.256 e. The first-order valence-electron chi connectivity index (χ1n) is 9.81. The van der Waals surface area contributed by atoms with Crippen LogP contribution >= 0.6 is 0 Å². The number of rotatable bonds is 4. The van der Waals surface area contributed by atoms with Crippen LogP contribution in [0.1, 0.15) is 23.2 Å². The molecule has 0 bridgehead atoms. The number of aromatic nitrogens is 3. The molecule has 140 valence electrons. The van der Waals surface area contributed by atoms with Gasteiger partial charge < -0.3 is 14.2 Å². The summed E-state index contributed by atoms with van der Waals surface area (Å²) < 4.78 is 4.13. The van der Waals surface area contributed by atoms with Crippen LogP contribution in [0.5, 0.6) is 0 Å². The number of carbonyl (C=O) groups excluding carboxylic acids is 1. The van der Waals surface area contributed by atoms with Gasteiger partial charge in [0.05, 0.1) is 16.8 Å². The number of piperazine rings is 1. The van der Waals surface area contributed by atoms with E-state index in [4.69, 9.17) is 5.10 Å². The molecule has 1 aliphatic carbocycles. The standard InChI is InChI=1S/C21H25N5O/c1-23-10-12-24(13-11-23)21(27)17-14-20(26-8-3-2-4-19(17)26)18-7-9-25(22-18)15-16-5-6-16/h2-4,7-9,14,16H,5-6,10-13,15H2,1H3. The van der Waals surface area contributed by atoms with Crippen LogP contribution in [0.2, 0.25) is 0 Å². The molecular formula is C21H25N5O. The third kappa shape index (κ3) is 3.14. The molecule has 1 amide bonds. The summed E-state index contributed by atoms with van der Waals surface area (Å²) in [5, 5.41) is 4.77. The van der Waals surface area contributed by atoms with Crippen molar-refractivity contribution in [3.8, 4) is 11.4 Å². The third-order valence-electron chi connectivity index (χ3n) is 5.74. The fraction of sp³-hybridized carbons (Fsp3) is 0.429. The first-order chi connectivity index (χ1) is 13.2. The molecule has 27 heavy (non-hydrogen) atoms. The normalized spacial score (nSPS) is 18.3. The second kappa shape index (κ2) is 6.53. The van der Waals surface area contributed by atoms with E-state index in [1.807, 2.05) is 40.0 Å². The maximum atomic E-state index is 13.2. The second-order valence-corrected chi connectivity index (χ2v) is 7.86. The van der Waals surface area contributed by atoms with Crippen LogP contribution in [-0.4, -0.2) is 63.1 Å². The van der Waals surface area contributed by atoms with Crippen LogP contribution in [-0.2, 0) is 6.54 Å². The summed E-state index contributed by atoms with van der Waals surface area (Å²) >= 11 is 0. The molecule has 0 N–H and O–H groups in total. The second-order valence-electron chi connectivity index (χ2n) is 7.86. The highest BCUT2D eigenvalue weighted by Crippen LogP contribution is 2.31. The van der Waals surface area contributed by atoms with Gasteiger partial charge in [-0.05, 0) is 50.1 Å². The van der Waals surface area contributed by atoms with Crippen molar-refractivity contribution in [3.63, 3.8) is 0 Å². The summed E-state index contributed by atoms with van der Waals surface area (Å²) in [5.74, 6) is 0.909. The van der Waals surface area contributed by atoms with Crippen molar-refractivity contribution in [1.29, 1.82) is 0 Å². The van der Waals surface area contributed by atoms with Gasteiger partial charge >= 0.3 is 0 Å². The lowest BCUT2D eigenvalue weighted by Crippen LogP contribution is -2.47. The molecule has 3 aromatic rings. The number of fused-ring (bicyclic) bond motifs is 1. The maximum absolute atomic E-state index is 13.2. The highest BCUT2D eigenvalue weighted by molar-refractivity contribution is 6.02.